The molecule has 0 aromatic carbocycles. The smallest absolute Gasteiger partial charge is 0.248 e. The van der Waals surface area contributed by atoms with E-state index in [2.05, 4.69) is 11.5 Å². The minimum atomic E-state index is -1.73. The van der Waals surface area contributed by atoms with E-state index in [-0.39, 0.29) is 0 Å². The van der Waals surface area contributed by atoms with Crippen LogP contribution in [0.15, 0.2) is 0 Å². The lowest BCUT2D eigenvalue weighted by atomic mass is 10.1. The van der Waals surface area contributed by atoms with Crippen molar-refractivity contribution in [1.82, 2.24) is 0 Å². The Labute approximate surface area is 62.8 Å². The zero-order valence-corrected chi connectivity index (χ0v) is 5.73. The summed E-state index contributed by atoms with van der Waals surface area (Å²) in [5, 5.41) is 17.5. The van der Waals surface area contributed by atoms with Gasteiger partial charge < -0.3 is 21.7 Å². The van der Waals surface area contributed by atoms with Gasteiger partial charge in [-0.1, -0.05) is 0 Å². The molecule has 64 valence electrons. The predicted octanol–water partition coefficient (Wildman–Crippen LogP) is -2.93. The first-order chi connectivity index (χ1) is 4.95. The minimum Gasteiger partial charge on any atom is -0.389 e. The van der Waals surface area contributed by atoms with E-state index in [1.165, 1.54) is 0 Å². The third-order valence-electron chi connectivity index (χ3n) is 1.07. The van der Waals surface area contributed by atoms with Crippen LogP contribution >= 0.6 is 0 Å². The third-order valence-corrected chi connectivity index (χ3v) is 1.07. The van der Waals surface area contributed by atoms with Crippen molar-refractivity contribution in [2.24, 2.45) is 11.5 Å². The molecule has 0 aliphatic rings. The van der Waals surface area contributed by atoms with Crippen LogP contribution in [0.2, 0.25) is 0 Å². The van der Waals surface area contributed by atoms with Crippen LogP contribution in [-0.4, -0.2) is 34.2 Å². The molecule has 6 nitrogen and oxygen atoms in total. The van der Waals surface area contributed by atoms with E-state index in [0.717, 1.165) is 0 Å². The molecular weight excluding hydrogens is 152 g/mol. The van der Waals surface area contributed by atoms with E-state index in [0.29, 0.717) is 0 Å². The molecule has 0 aromatic heterocycles. The number of primary amides is 2. The average Bonchev–Trinajstić information content (AvgIpc) is 1.84. The lowest BCUT2D eigenvalue weighted by molar-refractivity contribution is -0.133. The highest BCUT2D eigenvalue weighted by molar-refractivity contribution is 5.81. The van der Waals surface area contributed by atoms with Crippen molar-refractivity contribution >= 4 is 11.8 Å². The summed E-state index contributed by atoms with van der Waals surface area (Å²) in [5.41, 5.74) is 9.28. The van der Waals surface area contributed by atoms with Gasteiger partial charge in [0.1, 0.15) is 0 Å². The first kappa shape index (κ1) is 9.86. The highest BCUT2D eigenvalue weighted by Crippen LogP contribution is 1.96. The largest absolute Gasteiger partial charge is 0.389 e. The second-order valence-electron chi connectivity index (χ2n) is 2.08. The topological polar surface area (TPSA) is 127 Å². The van der Waals surface area contributed by atoms with Crippen LogP contribution in [0.1, 0.15) is 6.42 Å². The maximum Gasteiger partial charge on any atom is 0.248 e. The quantitative estimate of drug-likeness (QED) is 0.353. The van der Waals surface area contributed by atoms with Gasteiger partial charge in [0.05, 0.1) is 12.5 Å². The molecule has 0 saturated heterocycles. The van der Waals surface area contributed by atoms with E-state index in [4.69, 9.17) is 10.2 Å². The van der Waals surface area contributed by atoms with Crippen LogP contribution in [0, 0.1) is 0 Å². The van der Waals surface area contributed by atoms with Crippen LogP contribution < -0.4 is 11.5 Å². The van der Waals surface area contributed by atoms with Gasteiger partial charge in [-0.3, -0.25) is 9.59 Å². The lowest BCUT2D eigenvalue weighted by Crippen LogP contribution is -2.40. The van der Waals surface area contributed by atoms with Crippen molar-refractivity contribution in [3.63, 3.8) is 0 Å². The Morgan fingerprint density at radius 1 is 1.27 bits per heavy atom. The third kappa shape index (κ3) is 3.54. The summed E-state index contributed by atoms with van der Waals surface area (Å²) in [4.78, 5) is 20.3. The number of nitrogens with two attached hydrogens (primary N) is 2. The van der Waals surface area contributed by atoms with Gasteiger partial charge in [-0.15, -0.1) is 0 Å². The number of aliphatic hydroxyl groups is 2. The number of amides is 2. The van der Waals surface area contributed by atoms with Gasteiger partial charge >= 0.3 is 0 Å². The number of hydrogen-bond donors (Lipinski definition) is 4. The maximum atomic E-state index is 10.2. The SMILES string of the molecule is NC(=O)C[C@@H](O)[C@H](O)C(N)=O. The van der Waals surface area contributed by atoms with Crippen molar-refractivity contribution in [1.29, 1.82) is 0 Å². The molecule has 0 aliphatic carbocycles. The van der Waals surface area contributed by atoms with Crippen molar-refractivity contribution in [3.8, 4) is 0 Å². The second kappa shape index (κ2) is 3.89. The number of aliphatic hydroxyl groups excluding tert-OH is 2. The molecule has 2 amide bonds. The summed E-state index contributed by atoms with van der Waals surface area (Å²) in [6.45, 7) is 0. The van der Waals surface area contributed by atoms with Crippen LogP contribution in [-0.2, 0) is 9.59 Å². The van der Waals surface area contributed by atoms with Gasteiger partial charge in [-0.05, 0) is 0 Å². The second-order valence-corrected chi connectivity index (χ2v) is 2.08. The molecule has 0 aromatic rings. The molecule has 0 spiro atoms. The Morgan fingerprint density at radius 2 is 1.73 bits per heavy atom. The maximum absolute atomic E-state index is 10.2. The summed E-state index contributed by atoms with van der Waals surface area (Å²) in [6.07, 6.45) is -3.73. The first-order valence-electron chi connectivity index (χ1n) is 2.89. The average molecular weight is 162 g/mol. The molecule has 0 radical (unpaired) electrons. The number of carbonyl (C=O) groups is 2. The Hall–Kier alpha value is -1.14. The Kier molecular flexibility index (Phi) is 3.49. The first-order valence-corrected chi connectivity index (χ1v) is 2.89. The van der Waals surface area contributed by atoms with Gasteiger partial charge in [0, 0.05) is 0 Å². The normalized spacial score (nSPS) is 15.5. The fraction of sp³-hybridized carbons (Fsp3) is 0.600. The van der Waals surface area contributed by atoms with Crippen LogP contribution in [0.3, 0.4) is 0 Å². The van der Waals surface area contributed by atoms with Crippen molar-refractivity contribution in [2.75, 3.05) is 0 Å². The molecule has 0 rings (SSSR count). The fourth-order valence-electron chi connectivity index (χ4n) is 0.507. The van der Waals surface area contributed by atoms with Gasteiger partial charge in [0.25, 0.3) is 0 Å². The fourth-order valence-corrected chi connectivity index (χ4v) is 0.507. The number of hydrogen-bond acceptors (Lipinski definition) is 4. The summed E-state index contributed by atoms with van der Waals surface area (Å²) in [7, 11) is 0. The predicted molar refractivity (Wildman–Crippen MR) is 35.0 cm³/mol. The van der Waals surface area contributed by atoms with Crippen LogP contribution in [0.4, 0.5) is 0 Å². The van der Waals surface area contributed by atoms with Gasteiger partial charge in [0.2, 0.25) is 11.8 Å². The molecule has 0 aliphatic heterocycles. The van der Waals surface area contributed by atoms with Gasteiger partial charge in [-0.2, -0.15) is 0 Å². The highest BCUT2D eigenvalue weighted by Gasteiger charge is 2.22. The van der Waals surface area contributed by atoms with Crippen LogP contribution in [0.5, 0.6) is 0 Å². The molecule has 0 heterocycles. The number of rotatable bonds is 4. The lowest BCUT2D eigenvalue weighted by Gasteiger charge is -2.11. The Morgan fingerprint density at radius 3 is 2.00 bits per heavy atom. The molecule has 0 saturated carbocycles. The van der Waals surface area contributed by atoms with E-state index < -0.39 is 30.4 Å². The minimum absolute atomic E-state index is 0.482. The summed E-state index contributed by atoms with van der Waals surface area (Å²) >= 11 is 0. The Balaban J connectivity index is 3.92. The van der Waals surface area contributed by atoms with E-state index >= 15 is 0 Å². The molecule has 0 fully saturated rings. The zero-order valence-electron chi connectivity index (χ0n) is 5.73. The number of carbonyl (C=O) groups excluding carboxylic acids is 2. The van der Waals surface area contributed by atoms with E-state index in [1.807, 2.05) is 0 Å². The zero-order chi connectivity index (χ0) is 9.02. The summed E-state index contributed by atoms with van der Waals surface area (Å²) < 4.78 is 0. The standard InChI is InChI=1S/C5H10N2O4/c6-3(9)1-2(8)4(10)5(7)11/h2,4,8,10H,1H2,(H2,6,9)(H2,7,11)/t2-,4+/m1/s1. The monoisotopic (exact) mass is 162 g/mol. The Bertz CT molecular complexity index is 170. The van der Waals surface area contributed by atoms with Gasteiger partial charge in [0.15, 0.2) is 6.10 Å². The molecule has 0 bridgehead atoms. The van der Waals surface area contributed by atoms with E-state index in [1.54, 1.807) is 0 Å². The molecule has 0 unspecified atom stereocenters. The summed E-state index contributed by atoms with van der Waals surface area (Å²) in [6, 6.07) is 0. The molecule has 2 atom stereocenters. The van der Waals surface area contributed by atoms with Crippen molar-refractivity contribution < 1.29 is 19.8 Å². The highest BCUT2D eigenvalue weighted by atomic mass is 16.3. The van der Waals surface area contributed by atoms with Crippen molar-refractivity contribution in [2.45, 2.75) is 18.6 Å². The van der Waals surface area contributed by atoms with E-state index in [9.17, 15) is 9.59 Å². The summed E-state index contributed by atoms with van der Waals surface area (Å²) in [5.74, 6) is -1.89. The van der Waals surface area contributed by atoms with Crippen LogP contribution in [0.25, 0.3) is 0 Å². The molecular formula is C5H10N2O4. The molecule has 6 N–H and O–H groups in total. The van der Waals surface area contributed by atoms with Gasteiger partial charge in [-0.25, -0.2) is 0 Å². The molecule has 6 heteroatoms. The van der Waals surface area contributed by atoms with Crippen molar-refractivity contribution in [3.05, 3.63) is 0 Å². The molecule has 11 heavy (non-hydrogen) atoms.